The number of aryl methyl sites for hydroxylation is 6. The molecule has 0 saturated carbocycles. The summed E-state index contributed by atoms with van der Waals surface area (Å²) in [4.78, 5) is 17.4. The van der Waals surface area contributed by atoms with Gasteiger partial charge in [0.05, 0.1) is 11.4 Å². The van der Waals surface area contributed by atoms with Crippen molar-refractivity contribution in [1.29, 1.82) is 0 Å². The first-order valence-corrected chi connectivity index (χ1v) is 11.1. The van der Waals surface area contributed by atoms with Crippen molar-refractivity contribution in [2.75, 3.05) is 5.32 Å². The number of rotatable bonds is 5. The topological polar surface area (TPSA) is 59.8 Å². The van der Waals surface area contributed by atoms with Gasteiger partial charge in [-0.25, -0.2) is 14.1 Å². The highest BCUT2D eigenvalue weighted by Crippen LogP contribution is 2.29. The number of carbonyl (C=O) groups excluding carboxylic acids is 1. The van der Waals surface area contributed by atoms with Crippen molar-refractivity contribution in [2.24, 2.45) is 0 Å². The van der Waals surface area contributed by atoms with Gasteiger partial charge < -0.3 is 5.32 Å². The van der Waals surface area contributed by atoms with Crippen LogP contribution in [0.3, 0.4) is 0 Å². The molecule has 0 fully saturated rings. The third-order valence-corrected chi connectivity index (χ3v) is 6.37. The molecule has 0 atom stereocenters. The van der Waals surface area contributed by atoms with Gasteiger partial charge in [0.25, 0.3) is 0 Å². The number of halogens is 1. The van der Waals surface area contributed by atoms with Gasteiger partial charge in [0, 0.05) is 23.2 Å². The molecule has 4 aromatic rings. The molecule has 2 aromatic carbocycles. The van der Waals surface area contributed by atoms with Gasteiger partial charge >= 0.3 is 0 Å². The molecule has 6 heteroatoms. The summed E-state index contributed by atoms with van der Waals surface area (Å²) in [5.41, 5.74) is 9.22. The molecule has 5 nitrogen and oxygen atoms in total. The molecule has 1 amide bonds. The third kappa shape index (κ3) is 4.38. The van der Waals surface area contributed by atoms with Crippen LogP contribution in [0.5, 0.6) is 0 Å². The van der Waals surface area contributed by atoms with Gasteiger partial charge in [-0.15, -0.1) is 0 Å². The highest BCUT2D eigenvalue weighted by Gasteiger charge is 2.18. The number of nitrogens with one attached hydrogen (secondary N) is 1. The summed E-state index contributed by atoms with van der Waals surface area (Å²) in [7, 11) is 0. The van der Waals surface area contributed by atoms with Crippen LogP contribution in [0.2, 0.25) is 0 Å². The Labute approximate surface area is 193 Å². The van der Waals surface area contributed by atoms with Crippen LogP contribution in [-0.4, -0.2) is 20.7 Å². The molecular weight excluding hydrogens is 415 g/mol. The summed E-state index contributed by atoms with van der Waals surface area (Å²) in [5.74, 6) is -0.481. The Hall–Kier alpha value is -3.54. The number of nitrogens with zero attached hydrogens (tertiary/aromatic N) is 3. The predicted molar refractivity (Wildman–Crippen MR) is 131 cm³/mol. The van der Waals surface area contributed by atoms with E-state index in [0.29, 0.717) is 17.7 Å². The monoisotopic (exact) mass is 444 g/mol. The quantitative estimate of drug-likeness (QED) is 0.412. The second kappa shape index (κ2) is 8.77. The average Bonchev–Trinajstić information content (AvgIpc) is 3.08. The van der Waals surface area contributed by atoms with E-state index >= 15 is 0 Å². The van der Waals surface area contributed by atoms with Crippen LogP contribution >= 0.6 is 0 Å². The van der Waals surface area contributed by atoms with Crippen LogP contribution < -0.4 is 5.32 Å². The number of pyridine rings is 1. The van der Waals surface area contributed by atoms with Gasteiger partial charge in [0.1, 0.15) is 5.82 Å². The Bertz CT molecular complexity index is 1390. The van der Waals surface area contributed by atoms with E-state index in [1.165, 1.54) is 17.2 Å². The molecule has 0 spiro atoms. The van der Waals surface area contributed by atoms with E-state index in [2.05, 4.69) is 44.3 Å². The zero-order chi connectivity index (χ0) is 23.9. The molecule has 0 saturated heterocycles. The highest BCUT2D eigenvalue weighted by molar-refractivity contribution is 5.91. The lowest BCUT2D eigenvalue weighted by Gasteiger charge is -2.12. The number of hydrogen-bond acceptors (Lipinski definition) is 3. The van der Waals surface area contributed by atoms with Crippen molar-refractivity contribution < 1.29 is 9.18 Å². The summed E-state index contributed by atoms with van der Waals surface area (Å²) in [5, 5.41) is 8.59. The van der Waals surface area contributed by atoms with Crippen LogP contribution in [0.25, 0.3) is 16.7 Å². The smallest absolute Gasteiger partial charge is 0.224 e. The van der Waals surface area contributed by atoms with Crippen LogP contribution in [-0.2, 0) is 11.2 Å². The largest absolute Gasteiger partial charge is 0.326 e. The lowest BCUT2D eigenvalue weighted by atomic mass is 9.99. The van der Waals surface area contributed by atoms with E-state index in [1.54, 1.807) is 19.1 Å². The molecule has 0 radical (unpaired) electrons. The van der Waals surface area contributed by atoms with E-state index in [1.807, 2.05) is 18.5 Å². The minimum absolute atomic E-state index is 0.153. The summed E-state index contributed by atoms with van der Waals surface area (Å²) < 4.78 is 15.7. The lowest BCUT2D eigenvalue weighted by Crippen LogP contribution is -2.13. The van der Waals surface area contributed by atoms with Gasteiger partial charge in [-0.1, -0.05) is 12.1 Å². The lowest BCUT2D eigenvalue weighted by molar-refractivity contribution is -0.116. The molecule has 4 rings (SSSR count). The van der Waals surface area contributed by atoms with Gasteiger partial charge in [-0.05, 0) is 100 Å². The van der Waals surface area contributed by atoms with Gasteiger partial charge in [0.15, 0.2) is 5.65 Å². The van der Waals surface area contributed by atoms with Crippen LogP contribution in [0.15, 0.2) is 36.4 Å². The molecule has 33 heavy (non-hydrogen) atoms. The van der Waals surface area contributed by atoms with E-state index < -0.39 is 0 Å². The van der Waals surface area contributed by atoms with E-state index in [-0.39, 0.29) is 18.1 Å². The minimum Gasteiger partial charge on any atom is -0.326 e. The van der Waals surface area contributed by atoms with Crippen LogP contribution in [0, 0.1) is 47.4 Å². The van der Waals surface area contributed by atoms with Crippen molar-refractivity contribution in [2.45, 2.75) is 54.4 Å². The predicted octanol–water partition coefficient (Wildman–Crippen LogP) is 5.98. The van der Waals surface area contributed by atoms with Crippen molar-refractivity contribution in [3.05, 3.63) is 81.4 Å². The number of fused-ring (bicyclic) bond motifs is 1. The van der Waals surface area contributed by atoms with E-state index in [0.717, 1.165) is 39.2 Å². The molecule has 170 valence electrons. The first-order chi connectivity index (χ1) is 15.7. The fourth-order valence-electron chi connectivity index (χ4n) is 4.24. The molecule has 0 aliphatic carbocycles. The van der Waals surface area contributed by atoms with E-state index in [9.17, 15) is 9.18 Å². The molecule has 2 aromatic heterocycles. The zero-order valence-electron chi connectivity index (χ0n) is 20.0. The van der Waals surface area contributed by atoms with Crippen molar-refractivity contribution in [3.63, 3.8) is 0 Å². The molecule has 0 bridgehead atoms. The second-order valence-electron chi connectivity index (χ2n) is 8.78. The summed E-state index contributed by atoms with van der Waals surface area (Å²) in [6, 6.07) is 11.0. The van der Waals surface area contributed by atoms with E-state index in [4.69, 9.17) is 10.1 Å². The number of carbonyl (C=O) groups is 1. The minimum atomic E-state index is -0.328. The summed E-state index contributed by atoms with van der Waals surface area (Å²) in [6.45, 7) is 11.9. The Balaban J connectivity index is 1.61. The molecule has 1 N–H and O–H groups in total. The summed E-state index contributed by atoms with van der Waals surface area (Å²) in [6.07, 6.45) is 0.837. The number of anilines is 1. The Kier molecular flexibility index (Phi) is 6.02. The molecule has 0 aliphatic heterocycles. The average molecular weight is 445 g/mol. The first-order valence-electron chi connectivity index (χ1n) is 11.1. The van der Waals surface area contributed by atoms with Crippen LogP contribution in [0.1, 0.15) is 45.6 Å². The maximum Gasteiger partial charge on any atom is 0.224 e. The first kappa shape index (κ1) is 22.6. The maximum atomic E-state index is 13.8. The third-order valence-electron chi connectivity index (χ3n) is 6.37. The summed E-state index contributed by atoms with van der Waals surface area (Å²) >= 11 is 0. The van der Waals surface area contributed by atoms with Gasteiger partial charge in [0.2, 0.25) is 5.91 Å². The number of aromatic nitrogens is 3. The molecule has 0 aliphatic rings. The maximum absolute atomic E-state index is 13.8. The SMILES string of the molecule is Cc1ccc(-n2nc(C)c3c(C)c(CCC(=O)Nc4ccc(C)c(F)c4)c(C)nc32)cc1C. The fourth-order valence-corrected chi connectivity index (χ4v) is 4.24. The van der Waals surface area contributed by atoms with Gasteiger partial charge in [-0.2, -0.15) is 5.10 Å². The van der Waals surface area contributed by atoms with Crippen molar-refractivity contribution >= 4 is 22.6 Å². The molecule has 2 heterocycles. The van der Waals surface area contributed by atoms with Crippen molar-refractivity contribution in [1.82, 2.24) is 14.8 Å². The normalized spacial score (nSPS) is 11.2. The second-order valence-corrected chi connectivity index (χ2v) is 8.78. The standard InChI is InChI=1S/C27H29FN4O/c1-15-8-10-22(13-17(15)3)32-27-26(20(6)31-32)18(4)23(19(5)29-27)11-12-25(33)30-21-9-7-16(2)24(28)14-21/h7-10,13-14H,11-12H2,1-6H3,(H,30,33). The number of amides is 1. The van der Waals surface area contributed by atoms with Crippen LogP contribution in [0.4, 0.5) is 10.1 Å². The molecular formula is C27H29FN4O. The Morgan fingerprint density at radius 1 is 0.939 bits per heavy atom. The van der Waals surface area contributed by atoms with Gasteiger partial charge in [-0.3, -0.25) is 4.79 Å². The number of hydrogen-bond donors (Lipinski definition) is 1. The van der Waals surface area contributed by atoms with Crippen molar-refractivity contribution in [3.8, 4) is 5.69 Å². The molecule has 0 unspecified atom stereocenters. The highest BCUT2D eigenvalue weighted by atomic mass is 19.1. The Morgan fingerprint density at radius 3 is 2.36 bits per heavy atom. The fraction of sp³-hybridized carbons (Fsp3) is 0.296. The number of benzene rings is 2. The zero-order valence-corrected chi connectivity index (χ0v) is 20.0. The Morgan fingerprint density at radius 2 is 1.67 bits per heavy atom.